The molecule has 0 aliphatic carbocycles. The molecule has 1 atom stereocenters. The van der Waals surface area contributed by atoms with Gasteiger partial charge in [0.05, 0.1) is 0 Å². The molecule has 0 fully saturated rings. The van der Waals surface area contributed by atoms with Crippen LogP contribution in [0.25, 0.3) is 10.9 Å². The van der Waals surface area contributed by atoms with Gasteiger partial charge in [0.1, 0.15) is 0 Å². The summed E-state index contributed by atoms with van der Waals surface area (Å²) in [4.78, 5) is 5.83. The summed E-state index contributed by atoms with van der Waals surface area (Å²) in [5, 5.41) is 4.92. The molecule has 0 aliphatic rings. The van der Waals surface area contributed by atoms with Crippen LogP contribution in [-0.4, -0.2) is 35.1 Å². The molecule has 3 nitrogen and oxygen atoms in total. The molecule has 0 amide bonds. The lowest BCUT2D eigenvalue weighted by atomic mass is 10.0. The molecule has 3 heteroatoms. The monoisotopic (exact) mass is 287 g/mol. The highest BCUT2D eigenvalue weighted by Gasteiger charge is 2.17. The zero-order chi connectivity index (χ0) is 15.5. The van der Waals surface area contributed by atoms with Gasteiger partial charge in [-0.05, 0) is 51.9 Å². The second-order valence-corrected chi connectivity index (χ2v) is 6.77. The molecule has 0 aliphatic heterocycles. The molecule has 0 spiro atoms. The van der Waals surface area contributed by atoms with Crippen molar-refractivity contribution in [3.8, 4) is 0 Å². The fourth-order valence-electron chi connectivity index (χ4n) is 2.87. The van der Waals surface area contributed by atoms with Gasteiger partial charge in [-0.3, -0.25) is 4.90 Å². The molecule has 0 saturated heterocycles. The third-order valence-electron chi connectivity index (χ3n) is 4.09. The van der Waals surface area contributed by atoms with Gasteiger partial charge in [0.2, 0.25) is 0 Å². The van der Waals surface area contributed by atoms with Crippen LogP contribution in [0, 0.1) is 0 Å². The minimum atomic E-state index is 0.184. The smallest absolute Gasteiger partial charge is 0.0457 e. The summed E-state index contributed by atoms with van der Waals surface area (Å²) in [7, 11) is 0. The Morgan fingerprint density at radius 1 is 1.24 bits per heavy atom. The zero-order valence-corrected chi connectivity index (χ0v) is 14.0. The summed E-state index contributed by atoms with van der Waals surface area (Å²) < 4.78 is 0. The second-order valence-electron chi connectivity index (χ2n) is 6.77. The molecule has 2 aromatic rings. The second kappa shape index (κ2) is 6.63. The van der Waals surface area contributed by atoms with E-state index in [1.165, 1.54) is 16.5 Å². The molecule has 1 unspecified atom stereocenters. The number of fused-ring (bicyclic) bond motifs is 1. The summed E-state index contributed by atoms with van der Waals surface area (Å²) in [5.41, 5.74) is 2.82. The predicted molar refractivity (Wildman–Crippen MR) is 91.7 cm³/mol. The highest BCUT2D eigenvalue weighted by Crippen LogP contribution is 2.27. The molecule has 1 aromatic carbocycles. The fourth-order valence-corrected chi connectivity index (χ4v) is 2.87. The van der Waals surface area contributed by atoms with Gasteiger partial charge < -0.3 is 10.3 Å². The van der Waals surface area contributed by atoms with Gasteiger partial charge >= 0.3 is 0 Å². The van der Waals surface area contributed by atoms with Crippen LogP contribution in [0.3, 0.4) is 0 Å². The van der Waals surface area contributed by atoms with Gasteiger partial charge in [-0.1, -0.05) is 19.1 Å². The van der Waals surface area contributed by atoms with Crippen LogP contribution >= 0.6 is 0 Å². The molecule has 2 rings (SSSR count). The van der Waals surface area contributed by atoms with E-state index in [1.54, 1.807) is 0 Å². The average molecular weight is 287 g/mol. The van der Waals surface area contributed by atoms with Crippen molar-refractivity contribution in [2.24, 2.45) is 0 Å². The lowest BCUT2D eigenvalue weighted by molar-refractivity contribution is 0.216. The van der Waals surface area contributed by atoms with Crippen molar-refractivity contribution >= 4 is 10.9 Å². The first kappa shape index (κ1) is 16.1. The first-order valence-electron chi connectivity index (χ1n) is 7.97. The first-order valence-corrected chi connectivity index (χ1v) is 7.97. The molecule has 1 aromatic heterocycles. The van der Waals surface area contributed by atoms with E-state index in [4.69, 9.17) is 0 Å². The maximum absolute atomic E-state index is 3.58. The predicted octanol–water partition coefficient (Wildman–Crippen LogP) is 3.94. The molecule has 0 bridgehead atoms. The number of benzene rings is 1. The molecule has 2 N–H and O–H groups in total. The Hall–Kier alpha value is -1.32. The van der Waals surface area contributed by atoms with Crippen molar-refractivity contribution in [2.75, 3.05) is 19.6 Å². The lowest BCUT2D eigenvalue weighted by Gasteiger charge is -2.30. The van der Waals surface area contributed by atoms with Crippen molar-refractivity contribution in [1.29, 1.82) is 0 Å². The third kappa shape index (κ3) is 4.08. The van der Waals surface area contributed by atoms with E-state index in [-0.39, 0.29) is 5.54 Å². The van der Waals surface area contributed by atoms with Gasteiger partial charge in [-0.15, -0.1) is 0 Å². The number of rotatable bonds is 6. The van der Waals surface area contributed by atoms with Crippen LogP contribution in [0.5, 0.6) is 0 Å². The Bertz CT molecular complexity index is 565. The highest BCUT2D eigenvalue weighted by atomic mass is 15.2. The maximum atomic E-state index is 3.58. The van der Waals surface area contributed by atoms with Crippen molar-refractivity contribution in [1.82, 2.24) is 15.2 Å². The minimum absolute atomic E-state index is 0.184. The van der Waals surface area contributed by atoms with Crippen LogP contribution in [0.4, 0.5) is 0 Å². The lowest BCUT2D eigenvalue weighted by Crippen LogP contribution is -2.42. The van der Waals surface area contributed by atoms with Gasteiger partial charge in [-0.25, -0.2) is 0 Å². The van der Waals surface area contributed by atoms with Gasteiger partial charge in [0.25, 0.3) is 0 Å². The Morgan fingerprint density at radius 3 is 2.67 bits per heavy atom. The van der Waals surface area contributed by atoms with Crippen molar-refractivity contribution < 1.29 is 0 Å². The maximum Gasteiger partial charge on any atom is 0.0457 e. The summed E-state index contributed by atoms with van der Waals surface area (Å²) in [5.74, 6) is 0. The molecular weight excluding hydrogens is 258 g/mol. The number of aromatic amines is 1. The molecule has 0 saturated carbocycles. The minimum Gasteiger partial charge on any atom is -0.361 e. The topological polar surface area (TPSA) is 31.1 Å². The number of nitrogens with zero attached hydrogens (tertiary/aromatic N) is 1. The Kier molecular flexibility index (Phi) is 5.07. The van der Waals surface area contributed by atoms with Crippen molar-refractivity contribution in [3.63, 3.8) is 0 Å². The molecule has 1 heterocycles. The van der Waals surface area contributed by atoms with E-state index in [2.05, 4.69) is 74.1 Å². The van der Waals surface area contributed by atoms with E-state index in [0.29, 0.717) is 6.04 Å². The van der Waals surface area contributed by atoms with Crippen LogP contribution in [0.1, 0.15) is 46.2 Å². The molecular formula is C18H29N3. The molecule has 116 valence electrons. The Balaban J connectivity index is 2.09. The number of nitrogens with one attached hydrogen (secondary N) is 2. The van der Waals surface area contributed by atoms with Crippen LogP contribution in [0.2, 0.25) is 0 Å². The first-order chi connectivity index (χ1) is 9.92. The summed E-state index contributed by atoms with van der Waals surface area (Å²) in [6.45, 7) is 14.3. The summed E-state index contributed by atoms with van der Waals surface area (Å²) in [6.07, 6.45) is 2.03. The van der Waals surface area contributed by atoms with Gasteiger partial charge in [0, 0.05) is 41.8 Å². The highest BCUT2D eigenvalue weighted by molar-refractivity contribution is 5.83. The van der Waals surface area contributed by atoms with E-state index < -0.39 is 0 Å². The quantitative estimate of drug-likeness (QED) is 0.843. The van der Waals surface area contributed by atoms with Crippen molar-refractivity contribution in [3.05, 3.63) is 36.0 Å². The van der Waals surface area contributed by atoms with Gasteiger partial charge in [0.15, 0.2) is 0 Å². The SMILES string of the molecule is CCN(CCNC(C)(C)C)C(C)c1cccc2[nH]ccc12. The standard InChI is InChI=1S/C18H29N3/c1-6-21(13-12-20-18(3,4)5)14(2)15-8-7-9-17-16(15)10-11-19-17/h7-11,14,19-20H,6,12-13H2,1-5H3. The van der Waals surface area contributed by atoms with E-state index in [1.807, 2.05) is 6.20 Å². The molecule has 21 heavy (non-hydrogen) atoms. The Morgan fingerprint density at radius 2 is 2.00 bits per heavy atom. The normalized spacial score (nSPS) is 14.0. The van der Waals surface area contributed by atoms with Crippen LogP contribution in [-0.2, 0) is 0 Å². The number of likely N-dealkylation sites (N-methyl/N-ethyl adjacent to an activating group) is 1. The Labute approximate surface area is 128 Å². The third-order valence-corrected chi connectivity index (χ3v) is 4.09. The largest absolute Gasteiger partial charge is 0.361 e. The average Bonchev–Trinajstić information content (AvgIpc) is 2.90. The molecule has 0 radical (unpaired) electrons. The van der Waals surface area contributed by atoms with Gasteiger partial charge in [-0.2, -0.15) is 0 Å². The van der Waals surface area contributed by atoms with Crippen LogP contribution in [0.15, 0.2) is 30.5 Å². The summed E-state index contributed by atoms with van der Waals surface area (Å²) in [6, 6.07) is 9.15. The van der Waals surface area contributed by atoms with Crippen molar-refractivity contribution in [2.45, 2.75) is 46.2 Å². The fraction of sp³-hybridized carbons (Fsp3) is 0.556. The van der Waals surface area contributed by atoms with E-state index in [0.717, 1.165) is 19.6 Å². The van der Waals surface area contributed by atoms with E-state index >= 15 is 0 Å². The number of hydrogen-bond donors (Lipinski definition) is 2. The van der Waals surface area contributed by atoms with E-state index in [9.17, 15) is 0 Å². The summed E-state index contributed by atoms with van der Waals surface area (Å²) >= 11 is 0. The zero-order valence-electron chi connectivity index (χ0n) is 14.0. The number of hydrogen-bond acceptors (Lipinski definition) is 2. The van der Waals surface area contributed by atoms with Crippen LogP contribution < -0.4 is 5.32 Å². The number of H-pyrrole nitrogens is 1. The number of aromatic nitrogens is 1.